The maximum Gasteiger partial charge on any atom is 0.223 e. The zero-order valence-electron chi connectivity index (χ0n) is 12.4. The van der Waals surface area contributed by atoms with Crippen LogP contribution in [-0.4, -0.2) is 29.1 Å². The van der Waals surface area contributed by atoms with Crippen LogP contribution in [0.25, 0.3) is 0 Å². The molecule has 0 amide bonds. The van der Waals surface area contributed by atoms with Crippen molar-refractivity contribution >= 4 is 5.95 Å². The first-order valence-electron chi connectivity index (χ1n) is 7.57. The number of aryl methyl sites for hydroxylation is 2. The van der Waals surface area contributed by atoms with E-state index in [1.807, 2.05) is 0 Å². The van der Waals surface area contributed by atoms with Crippen molar-refractivity contribution in [1.82, 2.24) is 15.3 Å². The van der Waals surface area contributed by atoms with E-state index in [9.17, 15) is 0 Å². The lowest BCUT2D eigenvalue weighted by atomic mass is 9.93. The summed E-state index contributed by atoms with van der Waals surface area (Å²) in [6, 6.07) is 2.53. The highest BCUT2D eigenvalue weighted by Crippen LogP contribution is 2.17. The molecule has 0 aliphatic carbocycles. The van der Waals surface area contributed by atoms with E-state index in [0.29, 0.717) is 12.0 Å². The lowest BCUT2D eigenvalue weighted by Gasteiger charge is -2.29. The number of aromatic nitrogens is 2. The van der Waals surface area contributed by atoms with Crippen LogP contribution >= 0.6 is 0 Å². The normalized spacial score (nSPS) is 21.1. The minimum Gasteiger partial charge on any atom is -0.351 e. The number of hydrogen-bond acceptors (Lipinski definition) is 4. The number of nitrogens with one attached hydrogen (secondary N) is 2. The molecule has 0 spiro atoms. The summed E-state index contributed by atoms with van der Waals surface area (Å²) in [4.78, 5) is 9.18. The number of nitrogens with zero attached hydrogens (tertiary/aromatic N) is 2. The molecule has 1 aromatic rings. The third-order valence-corrected chi connectivity index (χ3v) is 3.96. The summed E-state index contributed by atoms with van der Waals surface area (Å²) in [6.07, 6.45) is 4.48. The van der Waals surface area contributed by atoms with Gasteiger partial charge in [-0.1, -0.05) is 13.8 Å². The molecule has 4 nitrogen and oxygen atoms in total. The molecule has 2 atom stereocenters. The van der Waals surface area contributed by atoms with Crippen molar-refractivity contribution in [2.45, 2.75) is 52.5 Å². The lowest BCUT2D eigenvalue weighted by molar-refractivity contribution is 0.346. The van der Waals surface area contributed by atoms with Gasteiger partial charge in [0.05, 0.1) is 0 Å². The van der Waals surface area contributed by atoms with Crippen LogP contribution in [0, 0.1) is 5.92 Å². The summed E-state index contributed by atoms with van der Waals surface area (Å²) in [5, 5.41) is 6.96. The molecule has 1 aromatic heterocycles. The highest BCUT2D eigenvalue weighted by Gasteiger charge is 2.20. The summed E-state index contributed by atoms with van der Waals surface area (Å²) in [5.74, 6) is 1.47. The SMILES string of the molecule is CCc1cc(CC)nc(NC(C)C2CCCNC2)n1. The maximum atomic E-state index is 4.59. The molecule has 106 valence electrons. The van der Waals surface area contributed by atoms with E-state index >= 15 is 0 Å². The molecule has 1 aliphatic rings. The Morgan fingerprint density at radius 2 is 2.00 bits per heavy atom. The molecule has 0 radical (unpaired) electrons. The van der Waals surface area contributed by atoms with Gasteiger partial charge in [-0.3, -0.25) is 0 Å². The number of piperidine rings is 1. The molecule has 0 bridgehead atoms. The van der Waals surface area contributed by atoms with Crippen LogP contribution in [0.2, 0.25) is 0 Å². The van der Waals surface area contributed by atoms with E-state index in [4.69, 9.17) is 0 Å². The van der Waals surface area contributed by atoms with Gasteiger partial charge in [0.15, 0.2) is 0 Å². The molecule has 4 heteroatoms. The van der Waals surface area contributed by atoms with Gasteiger partial charge in [0, 0.05) is 17.4 Å². The van der Waals surface area contributed by atoms with Gasteiger partial charge >= 0.3 is 0 Å². The van der Waals surface area contributed by atoms with Gasteiger partial charge in [-0.15, -0.1) is 0 Å². The van der Waals surface area contributed by atoms with Gasteiger partial charge in [0.1, 0.15) is 0 Å². The third-order valence-electron chi connectivity index (χ3n) is 3.96. The summed E-state index contributed by atoms with van der Waals surface area (Å²) >= 11 is 0. The van der Waals surface area contributed by atoms with E-state index in [1.54, 1.807) is 0 Å². The Balaban J connectivity index is 2.04. The average Bonchev–Trinajstić information content (AvgIpc) is 2.47. The minimum absolute atomic E-state index is 0.421. The van der Waals surface area contributed by atoms with Crippen LogP contribution in [0.15, 0.2) is 6.07 Å². The molecule has 0 aromatic carbocycles. The van der Waals surface area contributed by atoms with Crippen LogP contribution in [0.1, 0.15) is 45.0 Å². The Hall–Kier alpha value is -1.16. The van der Waals surface area contributed by atoms with Crippen molar-refractivity contribution in [3.8, 4) is 0 Å². The van der Waals surface area contributed by atoms with Crippen molar-refractivity contribution in [1.29, 1.82) is 0 Å². The highest BCUT2D eigenvalue weighted by atomic mass is 15.1. The predicted molar refractivity (Wildman–Crippen MR) is 79.5 cm³/mol. The number of rotatable bonds is 5. The summed E-state index contributed by atoms with van der Waals surface area (Å²) in [7, 11) is 0. The van der Waals surface area contributed by atoms with E-state index in [0.717, 1.165) is 43.3 Å². The molecule has 1 saturated heterocycles. The fourth-order valence-electron chi connectivity index (χ4n) is 2.61. The fraction of sp³-hybridized carbons (Fsp3) is 0.733. The molecular weight excluding hydrogens is 236 g/mol. The van der Waals surface area contributed by atoms with E-state index < -0.39 is 0 Å². The zero-order valence-corrected chi connectivity index (χ0v) is 12.4. The van der Waals surface area contributed by atoms with Gasteiger partial charge in [-0.25, -0.2) is 9.97 Å². The molecule has 2 heterocycles. The van der Waals surface area contributed by atoms with Crippen molar-refractivity contribution < 1.29 is 0 Å². The second-order valence-electron chi connectivity index (χ2n) is 5.42. The first-order valence-corrected chi connectivity index (χ1v) is 7.57. The quantitative estimate of drug-likeness (QED) is 0.855. The van der Waals surface area contributed by atoms with Crippen LogP contribution in [0.5, 0.6) is 0 Å². The molecular formula is C15H26N4. The Kier molecular flexibility index (Phi) is 5.14. The summed E-state index contributed by atoms with van der Waals surface area (Å²) < 4.78 is 0. The standard InChI is InChI=1S/C15H26N4/c1-4-13-9-14(5-2)19-15(18-13)17-11(3)12-7-6-8-16-10-12/h9,11-12,16H,4-8,10H2,1-3H3,(H,17,18,19). The van der Waals surface area contributed by atoms with Gasteiger partial charge in [-0.2, -0.15) is 0 Å². The van der Waals surface area contributed by atoms with E-state index in [1.165, 1.54) is 12.8 Å². The van der Waals surface area contributed by atoms with Crippen LogP contribution < -0.4 is 10.6 Å². The Labute approximate surface area is 116 Å². The number of hydrogen-bond donors (Lipinski definition) is 2. The first kappa shape index (κ1) is 14.3. The largest absolute Gasteiger partial charge is 0.351 e. The van der Waals surface area contributed by atoms with Crippen LogP contribution in [0.4, 0.5) is 5.95 Å². The van der Waals surface area contributed by atoms with E-state index in [2.05, 4.69) is 47.4 Å². The van der Waals surface area contributed by atoms with Crippen molar-refractivity contribution in [2.24, 2.45) is 5.92 Å². The van der Waals surface area contributed by atoms with Crippen molar-refractivity contribution in [3.63, 3.8) is 0 Å². The Bertz CT molecular complexity index is 377. The number of anilines is 1. The molecule has 2 rings (SSSR count). The second-order valence-corrected chi connectivity index (χ2v) is 5.42. The average molecular weight is 262 g/mol. The Morgan fingerprint density at radius 3 is 2.53 bits per heavy atom. The zero-order chi connectivity index (χ0) is 13.7. The molecule has 2 N–H and O–H groups in total. The topological polar surface area (TPSA) is 49.8 Å². The molecule has 2 unspecified atom stereocenters. The fourth-order valence-corrected chi connectivity index (χ4v) is 2.61. The summed E-state index contributed by atoms with van der Waals surface area (Å²) in [6.45, 7) is 8.78. The van der Waals surface area contributed by atoms with Crippen molar-refractivity contribution in [3.05, 3.63) is 17.5 Å². The van der Waals surface area contributed by atoms with Gasteiger partial charge in [0.25, 0.3) is 0 Å². The highest BCUT2D eigenvalue weighted by molar-refractivity contribution is 5.30. The van der Waals surface area contributed by atoms with Gasteiger partial charge in [-0.05, 0) is 57.7 Å². The third kappa shape index (κ3) is 3.90. The lowest BCUT2D eigenvalue weighted by Crippen LogP contribution is -2.39. The molecule has 19 heavy (non-hydrogen) atoms. The summed E-state index contributed by atoms with van der Waals surface area (Å²) in [5.41, 5.74) is 2.26. The Morgan fingerprint density at radius 1 is 1.32 bits per heavy atom. The van der Waals surface area contributed by atoms with Crippen LogP contribution in [-0.2, 0) is 12.8 Å². The van der Waals surface area contributed by atoms with Gasteiger partial charge in [0.2, 0.25) is 5.95 Å². The predicted octanol–water partition coefficient (Wildman–Crippen LogP) is 2.40. The molecule has 0 saturated carbocycles. The second kappa shape index (κ2) is 6.85. The minimum atomic E-state index is 0.421. The first-order chi connectivity index (χ1) is 9.22. The monoisotopic (exact) mass is 262 g/mol. The van der Waals surface area contributed by atoms with E-state index in [-0.39, 0.29) is 0 Å². The van der Waals surface area contributed by atoms with Crippen LogP contribution in [0.3, 0.4) is 0 Å². The maximum absolute atomic E-state index is 4.59. The van der Waals surface area contributed by atoms with Crippen molar-refractivity contribution in [2.75, 3.05) is 18.4 Å². The molecule has 1 fully saturated rings. The van der Waals surface area contributed by atoms with Gasteiger partial charge < -0.3 is 10.6 Å². The molecule has 1 aliphatic heterocycles. The smallest absolute Gasteiger partial charge is 0.223 e.